The third-order valence-electron chi connectivity index (χ3n) is 6.58. The lowest BCUT2D eigenvalue weighted by molar-refractivity contribution is -0.441. The van der Waals surface area contributed by atoms with Crippen LogP contribution in [0.4, 0.5) is 57.1 Å². The van der Waals surface area contributed by atoms with E-state index in [1.807, 2.05) is 0 Å². The minimum atomic E-state index is -7.96. The van der Waals surface area contributed by atoms with Gasteiger partial charge in [-0.3, -0.25) is 4.98 Å². The lowest BCUT2D eigenvalue weighted by Gasteiger charge is -2.39. The van der Waals surface area contributed by atoms with Crippen molar-refractivity contribution in [3.63, 3.8) is 0 Å². The normalized spacial score (nSPS) is 16.7. The van der Waals surface area contributed by atoms with Crippen molar-refractivity contribution >= 4 is 0 Å². The molecule has 1 atom stereocenters. The number of aryl methyl sites for hydroxylation is 1. The summed E-state index contributed by atoms with van der Waals surface area (Å²) in [6, 6.07) is 7.13. The lowest BCUT2D eigenvalue weighted by atomic mass is 9.92. The van der Waals surface area contributed by atoms with Crippen LogP contribution in [0.25, 0.3) is 11.1 Å². The van der Waals surface area contributed by atoms with Crippen molar-refractivity contribution in [3.8, 4) is 22.6 Å². The molecule has 2 heterocycles. The van der Waals surface area contributed by atoms with Gasteiger partial charge in [0.1, 0.15) is 0 Å². The van der Waals surface area contributed by atoms with E-state index in [0.29, 0.717) is 11.1 Å². The number of aromatic nitrogens is 1. The van der Waals surface area contributed by atoms with Crippen LogP contribution in [0.1, 0.15) is 51.1 Å². The highest BCUT2D eigenvalue weighted by atomic mass is 19.4. The highest BCUT2D eigenvalue weighted by molar-refractivity contribution is 5.67. The fourth-order valence-electron chi connectivity index (χ4n) is 4.06. The first-order valence-electron chi connectivity index (χ1n) is 12.6. The maximum absolute atomic E-state index is 14.3. The van der Waals surface area contributed by atoms with E-state index in [2.05, 4.69) is 11.9 Å². The zero-order valence-electron chi connectivity index (χ0n) is 21.7. The van der Waals surface area contributed by atoms with Gasteiger partial charge >= 0.3 is 35.8 Å². The van der Waals surface area contributed by atoms with Gasteiger partial charge in [0.25, 0.3) is 0 Å². The standard InChI is InChI=1S/C26H24F13NO2/c1-2-3-4-5-6-7-17-10-8-16(14-40-17)15-9-11-18-19(12-15)42-20(41-18)13-21(27,28)22(29,30)23(31,32)24(33,34)25(35,36)26(37,38)39/h8-12,14,20H,2-7,13H2,1H3. The van der Waals surface area contributed by atoms with Crippen molar-refractivity contribution in [2.24, 2.45) is 0 Å². The van der Waals surface area contributed by atoms with Crippen molar-refractivity contribution in [1.82, 2.24) is 4.98 Å². The van der Waals surface area contributed by atoms with Crippen molar-refractivity contribution in [3.05, 3.63) is 42.2 Å². The largest absolute Gasteiger partial charge is 0.460 e. The second kappa shape index (κ2) is 11.6. The van der Waals surface area contributed by atoms with Crippen LogP contribution >= 0.6 is 0 Å². The fourth-order valence-corrected chi connectivity index (χ4v) is 4.06. The zero-order valence-corrected chi connectivity index (χ0v) is 21.7. The van der Waals surface area contributed by atoms with Crippen molar-refractivity contribution in [2.75, 3.05) is 0 Å². The Kier molecular flexibility index (Phi) is 9.29. The molecule has 42 heavy (non-hydrogen) atoms. The number of fused-ring (bicyclic) bond motifs is 1. The van der Waals surface area contributed by atoms with Crippen molar-refractivity contribution in [2.45, 2.75) is 93.9 Å². The molecule has 1 aliphatic rings. The molecule has 1 aliphatic heterocycles. The maximum atomic E-state index is 14.3. The summed E-state index contributed by atoms with van der Waals surface area (Å²) in [6.45, 7) is 2.09. The first-order valence-corrected chi connectivity index (χ1v) is 12.6. The average Bonchev–Trinajstić information content (AvgIpc) is 3.28. The van der Waals surface area contributed by atoms with E-state index in [9.17, 15) is 57.1 Å². The van der Waals surface area contributed by atoms with Crippen LogP contribution in [0.5, 0.6) is 11.5 Å². The third kappa shape index (κ3) is 6.08. The van der Waals surface area contributed by atoms with Gasteiger partial charge in [0.05, 0.1) is 6.42 Å². The molecule has 1 aromatic carbocycles. The van der Waals surface area contributed by atoms with E-state index in [1.165, 1.54) is 18.3 Å². The molecule has 0 N–H and O–H groups in total. The van der Waals surface area contributed by atoms with Gasteiger partial charge in [0, 0.05) is 17.5 Å². The zero-order chi connectivity index (χ0) is 31.8. The van der Waals surface area contributed by atoms with E-state index in [1.54, 1.807) is 12.1 Å². The van der Waals surface area contributed by atoms with Crippen LogP contribution < -0.4 is 9.47 Å². The summed E-state index contributed by atoms with van der Waals surface area (Å²) in [7, 11) is 0. The first-order chi connectivity index (χ1) is 19.2. The number of hydrogen-bond donors (Lipinski definition) is 0. The van der Waals surface area contributed by atoms with Crippen LogP contribution in [0, 0.1) is 0 Å². The number of ether oxygens (including phenoxy) is 2. The molecule has 0 spiro atoms. The quantitative estimate of drug-likeness (QED) is 0.163. The van der Waals surface area contributed by atoms with Gasteiger partial charge in [0.2, 0.25) is 6.29 Å². The smallest absolute Gasteiger partial charge is 0.451 e. The highest BCUT2D eigenvalue weighted by Gasteiger charge is 2.90. The Labute approximate surface area is 231 Å². The Morgan fingerprint density at radius 3 is 1.79 bits per heavy atom. The van der Waals surface area contributed by atoms with E-state index in [0.717, 1.165) is 50.3 Å². The molecule has 0 saturated carbocycles. The fraction of sp³-hybridized carbons (Fsp3) is 0.577. The first kappa shape index (κ1) is 33.6. The van der Waals surface area contributed by atoms with Crippen LogP contribution in [0.15, 0.2) is 36.5 Å². The summed E-state index contributed by atoms with van der Waals surface area (Å²) in [5.74, 6) is -38.0. The van der Waals surface area contributed by atoms with E-state index in [4.69, 9.17) is 9.47 Å². The summed E-state index contributed by atoms with van der Waals surface area (Å²) in [4.78, 5) is 4.32. The Balaban J connectivity index is 1.72. The SMILES string of the molecule is CCCCCCCc1ccc(-c2ccc3c(c2)OC(CC(F)(F)C(F)(F)C(F)(F)C(F)(F)C(F)(F)C(F)(F)F)O3)cn1. The second-order valence-electron chi connectivity index (χ2n) is 9.73. The minimum absolute atomic E-state index is 0.347. The number of pyridine rings is 1. The Morgan fingerprint density at radius 2 is 1.21 bits per heavy atom. The number of unbranched alkanes of at least 4 members (excludes halogenated alkanes) is 4. The van der Waals surface area contributed by atoms with E-state index < -0.39 is 48.5 Å². The van der Waals surface area contributed by atoms with Gasteiger partial charge < -0.3 is 9.47 Å². The summed E-state index contributed by atoms with van der Waals surface area (Å²) in [6.07, 6.45) is -5.10. The molecule has 16 heteroatoms. The van der Waals surface area contributed by atoms with Gasteiger partial charge in [-0.2, -0.15) is 57.1 Å². The molecule has 1 unspecified atom stereocenters. The summed E-state index contributed by atoms with van der Waals surface area (Å²) >= 11 is 0. The molecule has 236 valence electrons. The van der Waals surface area contributed by atoms with Crippen LogP contribution in [0.3, 0.4) is 0 Å². The molecule has 2 aromatic rings. The number of rotatable bonds is 13. The summed E-state index contributed by atoms with van der Waals surface area (Å²) < 4.78 is 184. The summed E-state index contributed by atoms with van der Waals surface area (Å²) in [5, 5.41) is 0. The van der Waals surface area contributed by atoms with Gasteiger partial charge in [-0.15, -0.1) is 0 Å². The number of benzene rings is 1. The molecule has 1 aromatic heterocycles. The lowest BCUT2D eigenvalue weighted by Crippen LogP contribution is -2.70. The predicted octanol–water partition coefficient (Wildman–Crippen LogP) is 9.49. The van der Waals surface area contributed by atoms with Crippen LogP contribution in [-0.4, -0.2) is 47.1 Å². The maximum Gasteiger partial charge on any atom is 0.460 e. The molecule has 0 fully saturated rings. The van der Waals surface area contributed by atoms with E-state index >= 15 is 0 Å². The molecule has 0 radical (unpaired) electrons. The minimum Gasteiger partial charge on any atom is -0.451 e. The summed E-state index contributed by atoms with van der Waals surface area (Å²) in [5.41, 5.74) is 1.68. The van der Waals surface area contributed by atoms with Crippen LogP contribution in [-0.2, 0) is 6.42 Å². The van der Waals surface area contributed by atoms with Crippen molar-refractivity contribution in [1.29, 1.82) is 0 Å². The number of halogens is 13. The Morgan fingerprint density at radius 1 is 0.643 bits per heavy atom. The van der Waals surface area contributed by atoms with Crippen molar-refractivity contribution < 1.29 is 66.5 Å². The van der Waals surface area contributed by atoms with E-state index in [-0.39, 0.29) is 11.5 Å². The topological polar surface area (TPSA) is 31.4 Å². The molecule has 3 rings (SSSR count). The Bertz CT molecular complexity index is 1210. The monoisotopic (exact) mass is 629 g/mol. The Hall–Kier alpha value is -2.94. The molecule has 0 amide bonds. The predicted molar refractivity (Wildman–Crippen MR) is 123 cm³/mol. The molecule has 0 saturated heterocycles. The number of nitrogens with zero attached hydrogens (tertiary/aromatic N) is 1. The van der Waals surface area contributed by atoms with Gasteiger partial charge in [-0.05, 0) is 36.6 Å². The number of alkyl halides is 13. The third-order valence-corrected chi connectivity index (χ3v) is 6.58. The van der Waals surface area contributed by atoms with Gasteiger partial charge in [0.15, 0.2) is 11.5 Å². The molecule has 0 bridgehead atoms. The van der Waals surface area contributed by atoms with Gasteiger partial charge in [-0.1, -0.05) is 44.7 Å². The number of hydrogen-bond acceptors (Lipinski definition) is 3. The van der Waals surface area contributed by atoms with Crippen LogP contribution in [0.2, 0.25) is 0 Å². The molecular weight excluding hydrogens is 605 g/mol. The average molecular weight is 629 g/mol. The molecule has 3 nitrogen and oxygen atoms in total. The molecule has 0 aliphatic carbocycles. The molecular formula is C26H24F13NO2. The second-order valence-corrected chi connectivity index (χ2v) is 9.73. The van der Waals surface area contributed by atoms with Gasteiger partial charge in [-0.25, -0.2) is 0 Å². The highest BCUT2D eigenvalue weighted by Crippen LogP contribution is 2.61.